The molecule has 0 bridgehead atoms. The van der Waals surface area contributed by atoms with E-state index in [1.54, 1.807) is 31.2 Å². The van der Waals surface area contributed by atoms with Gasteiger partial charge in [-0.1, -0.05) is 23.2 Å². The van der Waals surface area contributed by atoms with Gasteiger partial charge in [0.25, 0.3) is 11.6 Å². The minimum atomic E-state index is -0.505. The molecule has 0 spiro atoms. The number of benzene rings is 2. The fourth-order valence-electron chi connectivity index (χ4n) is 2.36. The van der Waals surface area contributed by atoms with Crippen molar-refractivity contribution >= 4 is 40.5 Å². The number of nitro groups is 1. The van der Waals surface area contributed by atoms with Gasteiger partial charge in [0.05, 0.1) is 20.5 Å². The van der Waals surface area contributed by atoms with Crippen LogP contribution in [0.4, 0.5) is 11.4 Å². The first-order chi connectivity index (χ1) is 12.3. The van der Waals surface area contributed by atoms with Crippen LogP contribution < -0.4 is 5.32 Å². The number of rotatable bonds is 4. The van der Waals surface area contributed by atoms with Gasteiger partial charge in [0.2, 0.25) is 0 Å². The van der Waals surface area contributed by atoms with Gasteiger partial charge in [-0.2, -0.15) is 0 Å². The van der Waals surface area contributed by atoms with E-state index in [0.29, 0.717) is 38.4 Å². The Morgan fingerprint density at radius 2 is 1.77 bits per heavy atom. The van der Waals surface area contributed by atoms with Crippen molar-refractivity contribution in [1.82, 2.24) is 0 Å². The van der Waals surface area contributed by atoms with Crippen LogP contribution in [0.3, 0.4) is 0 Å². The Labute approximate surface area is 158 Å². The highest BCUT2D eigenvalue weighted by Gasteiger charge is 2.17. The monoisotopic (exact) mass is 390 g/mol. The van der Waals surface area contributed by atoms with Crippen molar-refractivity contribution in [2.45, 2.75) is 6.92 Å². The van der Waals surface area contributed by atoms with Crippen LogP contribution in [0.2, 0.25) is 10.0 Å². The van der Waals surface area contributed by atoms with Gasteiger partial charge in [-0.05, 0) is 43.3 Å². The van der Waals surface area contributed by atoms with E-state index in [4.69, 9.17) is 27.6 Å². The molecule has 8 heteroatoms. The molecule has 0 aliphatic heterocycles. The van der Waals surface area contributed by atoms with E-state index in [1.807, 2.05) is 0 Å². The third-order valence-electron chi connectivity index (χ3n) is 3.70. The number of hydrogen-bond donors (Lipinski definition) is 1. The minimum Gasteiger partial charge on any atom is -0.461 e. The summed E-state index contributed by atoms with van der Waals surface area (Å²) in [5, 5.41) is 14.2. The average molecular weight is 391 g/mol. The predicted molar refractivity (Wildman–Crippen MR) is 100.0 cm³/mol. The smallest absolute Gasteiger partial charge is 0.269 e. The van der Waals surface area contributed by atoms with Gasteiger partial charge < -0.3 is 9.73 Å². The topological polar surface area (TPSA) is 85.4 Å². The van der Waals surface area contributed by atoms with Crippen molar-refractivity contribution in [3.05, 3.63) is 80.0 Å². The van der Waals surface area contributed by atoms with Gasteiger partial charge >= 0.3 is 0 Å². The van der Waals surface area contributed by atoms with E-state index in [-0.39, 0.29) is 11.6 Å². The lowest BCUT2D eigenvalue weighted by Gasteiger charge is -2.03. The van der Waals surface area contributed by atoms with E-state index < -0.39 is 4.92 Å². The molecular weight excluding hydrogens is 379 g/mol. The number of non-ortho nitro benzene ring substituents is 1. The van der Waals surface area contributed by atoms with Gasteiger partial charge in [0.1, 0.15) is 11.5 Å². The zero-order valence-corrected chi connectivity index (χ0v) is 15.0. The Balaban J connectivity index is 1.82. The first-order valence-electron chi connectivity index (χ1n) is 7.47. The summed E-state index contributed by atoms with van der Waals surface area (Å²) >= 11 is 11.9. The third kappa shape index (κ3) is 3.71. The number of amides is 1. The van der Waals surface area contributed by atoms with Crippen molar-refractivity contribution in [2.24, 2.45) is 0 Å². The van der Waals surface area contributed by atoms with Gasteiger partial charge in [-0.3, -0.25) is 14.9 Å². The first kappa shape index (κ1) is 18.0. The molecule has 0 aliphatic carbocycles. The lowest BCUT2D eigenvalue weighted by molar-refractivity contribution is -0.384. The quantitative estimate of drug-likeness (QED) is 0.455. The first-order valence-corrected chi connectivity index (χ1v) is 8.22. The lowest BCUT2D eigenvalue weighted by atomic mass is 10.1. The molecule has 26 heavy (non-hydrogen) atoms. The molecule has 0 fully saturated rings. The second-order valence-corrected chi connectivity index (χ2v) is 6.28. The zero-order chi connectivity index (χ0) is 18.8. The van der Waals surface area contributed by atoms with Crippen LogP contribution >= 0.6 is 23.2 Å². The van der Waals surface area contributed by atoms with Crippen LogP contribution in [0.15, 0.2) is 52.9 Å². The number of carbonyl (C=O) groups excluding carboxylic acids is 1. The summed E-state index contributed by atoms with van der Waals surface area (Å²) in [5.41, 5.74) is 1.43. The van der Waals surface area contributed by atoms with Gasteiger partial charge in [-0.15, -0.1) is 0 Å². The summed E-state index contributed by atoms with van der Waals surface area (Å²) in [6.07, 6.45) is 0. The van der Waals surface area contributed by atoms with Gasteiger partial charge in [-0.25, -0.2) is 0 Å². The molecule has 1 aromatic heterocycles. The fourth-order valence-corrected chi connectivity index (χ4v) is 2.66. The van der Waals surface area contributed by atoms with Crippen molar-refractivity contribution in [3.63, 3.8) is 0 Å². The lowest BCUT2D eigenvalue weighted by Crippen LogP contribution is -2.12. The van der Waals surface area contributed by atoms with Crippen LogP contribution in [0.25, 0.3) is 11.3 Å². The average Bonchev–Trinajstić information content (AvgIpc) is 2.99. The zero-order valence-electron chi connectivity index (χ0n) is 13.5. The molecule has 6 nitrogen and oxygen atoms in total. The summed E-state index contributed by atoms with van der Waals surface area (Å²) in [5.74, 6) is 0.534. The molecule has 1 N–H and O–H groups in total. The number of hydrogen-bond acceptors (Lipinski definition) is 4. The number of carbonyl (C=O) groups is 1. The number of nitrogens with one attached hydrogen (secondary N) is 1. The van der Waals surface area contributed by atoms with Crippen LogP contribution in [-0.2, 0) is 0 Å². The Kier molecular flexibility index (Phi) is 4.97. The molecule has 3 aromatic rings. The Hall–Kier alpha value is -2.83. The highest BCUT2D eigenvalue weighted by molar-refractivity contribution is 6.42. The Bertz CT molecular complexity index is 997. The normalized spacial score (nSPS) is 10.6. The van der Waals surface area contributed by atoms with Crippen LogP contribution in [0.5, 0.6) is 0 Å². The summed E-state index contributed by atoms with van der Waals surface area (Å²) in [6.45, 7) is 1.67. The minimum absolute atomic E-state index is 0.0515. The molecule has 0 saturated carbocycles. The Morgan fingerprint density at radius 3 is 2.38 bits per heavy atom. The summed E-state index contributed by atoms with van der Waals surface area (Å²) < 4.78 is 5.65. The van der Waals surface area contributed by atoms with E-state index in [0.717, 1.165) is 0 Å². The van der Waals surface area contributed by atoms with Crippen molar-refractivity contribution in [2.75, 3.05) is 5.32 Å². The third-order valence-corrected chi connectivity index (χ3v) is 4.44. The molecule has 1 heterocycles. The standard InChI is InChI=1S/C18H12Cl2N2O4/c1-10-14(9-17(26-10)11-2-7-15(19)16(20)8-11)18(23)21-12-3-5-13(6-4-12)22(24)25/h2-9H,1H3,(H,21,23). The van der Waals surface area contributed by atoms with Crippen LogP contribution in [-0.4, -0.2) is 10.8 Å². The SMILES string of the molecule is Cc1oc(-c2ccc(Cl)c(Cl)c2)cc1C(=O)Nc1ccc([N+](=O)[O-])cc1. The maximum absolute atomic E-state index is 12.5. The van der Waals surface area contributed by atoms with Crippen molar-refractivity contribution in [1.29, 1.82) is 0 Å². The number of furan rings is 1. The van der Waals surface area contributed by atoms with Gasteiger partial charge in [0, 0.05) is 23.4 Å². The molecular formula is C18H12Cl2N2O4. The number of nitrogens with zero attached hydrogens (tertiary/aromatic N) is 1. The van der Waals surface area contributed by atoms with E-state index in [1.165, 1.54) is 24.3 Å². The molecule has 0 saturated heterocycles. The Morgan fingerprint density at radius 1 is 1.08 bits per heavy atom. The number of anilines is 1. The van der Waals surface area contributed by atoms with E-state index in [9.17, 15) is 14.9 Å². The number of aryl methyl sites for hydroxylation is 1. The van der Waals surface area contributed by atoms with Crippen molar-refractivity contribution < 1.29 is 14.1 Å². The highest BCUT2D eigenvalue weighted by atomic mass is 35.5. The van der Waals surface area contributed by atoms with Crippen LogP contribution in [0.1, 0.15) is 16.1 Å². The molecule has 0 atom stereocenters. The predicted octanol–water partition coefficient (Wildman–Crippen LogP) is 5.72. The van der Waals surface area contributed by atoms with E-state index in [2.05, 4.69) is 5.32 Å². The largest absolute Gasteiger partial charge is 0.461 e. The van der Waals surface area contributed by atoms with E-state index >= 15 is 0 Å². The second kappa shape index (κ2) is 7.19. The molecule has 0 unspecified atom stereocenters. The van der Waals surface area contributed by atoms with Gasteiger partial charge in [0.15, 0.2) is 0 Å². The number of halogens is 2. The summed E-state index contributed by atoms with van der Waals surface area (Å²) in [6, 6.07) is 12.2. The molecule has 3 rings (SSSR count). The number of nitro benzene ring substituents is 1. The highest BCUT2D eigenvalue weighted by Crippen LogP contribution is 2.31. The summed E-state index contributed by atoms with van der Waals surface area (Å²) in [7, 11) is 0. The summed E-state index contributed by atoms with van der Waals surface area (Å²) in [4.78, 5) is 22.6. The van der Waals surface area contributed by atoms with Crippen LogP contribution in [0, 0.1) is 17.0 Å². The maximum Gasteiger partial charge on any atom is 0.269 e. The molecule has 132 valence electrons. The van der Waals surface area contributed by atoms with Crippen molar-refractivity contribution in [3.8, 4) is 11.3 Å². The molecule has 1 amide bonds. The second-order valence-electron chi connectivity index (χ2n) is 5.47. The molecule has 0 aliphatic rings. The molecule has 0 radical (unpaired) electrons. The maximum atomic E-state index is 12.5. The fraction of sp³-hybridized carbons (Fsp3) is 0.0556. The molecule has 2 aromatic carbocycles.